The van der Waals surface area contributed by atoms with Crippen LogP contribution in [-0.4, -0.2) is 24.4 Å². The van der Waals surface area contributed by atoms with Crippen LogP contribution in [0.2, 0.25) is 0 Å². The molecule has 0 saturated heterocycles. The van der Waals surface area contributed by atoms with Crippen LogP contribution >= 0.6 is 27.3 Å². The van der Waals surface area contributed by atoms with Crippen LogP contribution in [0.5, 0.6) is 0 Å². The van der Waals surface area contributed by atoms with Crippen LogP contribution in [0.1, 0.15) is 28.4 Å². The Kier molecular flexibility index (Phi) is 5.42. The lowest BCUT2D eigenvalue weighted by Gasteiger charge is -2.18. The molecule has 1 aromatic carbocycles. The zero-order valence-corrected chi connectivity index (χ0v) is 14.8. The predicted molar refractivity (Wildman–Crippen MR) is 93.2 cm³/mol. The number of hydrogen-bond donors (Lipinski definition) is 1. The number of carbonyl (C=O) groups excluding carboxylic acids is 1. The summed E-state index contributed by atoms with van der Waals surface area (Å²) in [6, 6.07) is 7.93. The van der Waals surface area contributed by atoms with Crippen molar-refractivity contribution in [1.82, 2.24) is 4.90 Å². The smallest absolute Gasteiger partial charge is 0.254 e. The molecular weight excluding hydrogens is 348 g/mol. The summed E-state index contributed by atoms with van der Waals surface area (Å²) in [5.74, 6) is 0.0536. The lowest BCUT2D eigenvalue weighted by atomic mass is 10.1. The number of carbonyl (C=O) groups is 1. The zero-order valence-electron chi connectivity index (χ0n) is 12.4. The van der Waals surface area contributed by atoms with E-state index < -0.39 is 0 Å². The summed E-state index contributed by atoms with van der Waals surface area (Å²) < 4.78 is 1.09. The van der Waals surface area contributed by atoms with Crippen molar-refractivity contribution in [3.63, 3.8) is 0 Å². The molecule has 5 heteroatoms. The number of rotatable bonds is 5. The van der Waals surface area contributed by atoms with Crippen LogP contribution in [0.15, 0.2) is 33.4 Å². The van der Waals surface area contributed by atoms with Crippen molar-refractivity contribution in [3.05, 3.63) is 50.1 Å². The molecule has 0 spiro atoms. The lowest BCUT2D eigenvalue weighted by molar-refractivity contribution is 0.0784. The van der Waals surface area contributed by atoms with Gasteiger partial charge in [-0.25, -0.2) is 0 Å². The number of anilines is 1. The Morgan fingerprint density at radius 3 is 2.71 bits per heavy atom. The van der Waals surface area contributed by atoms with E-state index in [4.69, 9.17) is 0 Å². The second kappa shape index (κ2) is 7.09. The molecule has 0 aliphatic rings. The van der Waals surface area contributed by atoms with E-state index in [1.165, 1.54) is 0 Å². The Morgan fingerprint density at radius 2 is 2.14 bits per heavy atom. The third kappa shape index (κ3) is 4.08. The summed E-state index contributed by atoms with van der Waals surface area (Å²) in [5.41, 5.74) is 3.95. The third-order valence-electron chi connectivity index (χ3n) is 3.23. The van der Waals surface area contributed by atoms with Gasteiger partial charge in [0.25, 0.3) is 5.91 Å². The maximum Gasteiger partial charge on any atom is 0.254 e. The molecule has 1 amide bonds. The van der Waals surface area contributed by atoms with Crippen LogP contribution in [0.25, 0.3) is 0 Å². The number of hydrogen-bond acceptors (Lipinski definition) is 3. The number of amides is 1. The fourth-order valence-corrected chi connectivity index (χ4v) is 3.40. The first kappa shape index (κ1) is 16.0. The molecule has 112 valence electrons. The topological polar surface area (TPSA) is 32.3 Å². The monoisotopic (exact) mass is 366 g/mol. The lowest BCUT2D eigenvalue weighted by Crippen LogP contribution is -2.26. The van der Waals surface area contributed by atoms with Gasteiger partial charge in [-0.1, -0.05) is 0 Å². The number of thiophene rings is 1. The molecule has 1 heterocycles. The summed E-state index contributed by atoms with van der Waals surface area (Å²) in [4.78, 5) is 14.3. The Hall–Kier alpha value is -1.33. The van der Waals surface area contributed by atoms with E-state index in [0.717, 1.165) is 32.7 Å². The minimum atomic E-state index is 0.0536. The zero-order chi connectivity index (χ0) is 15.4. The largest absolute Gasteiger partial charge is 0.385 e. The molecule has 21 heavy (non-hydrogen) atoms. The number of nitrogens with zero attached hydrogens (tertiary/aromatic N) is 1. The summed E-state index contributed by atoms with van der Waals surface area (Å²) >= 11 is 5.08. The minimum absolute atomic E-state index is 0.0536. The fourth-order valence-electron chi connectivity index (χ4n) is 2.20. The molecule has 0 saturated carbocycles. The van der Waals surface area contributed by atoms with E-state index in [1.54, 1.807) is 16.2 Å². The first-order chi connectivity index (χ1) is 10.0. The molecule has 0 unspecified atom stereocenters. The predicted octanol–water partition coefficient (Wildman–Crippen LogP) is 4.52. The Labute approximate surface area is 138 Å². The van der Waals surface area contributed by atoms with Crippen molar-refractivity contribution in [2.45, 2.75) is 20.4 Å². The summed E-state index contributed by atoms with van der Waals surface area (Å²) in [6.07, 6.45) is 0. The second-order valence-electron chi connectivity index (χ2n) is 4.98. The molecule has 3 nitrogen and oxygen atoms in total. The van der Waals surface area contributed by atoms with Crippen LogP contribution in [-0.2, 0) is 6.54 Å². The number of aryl methyl sites for hydroxylation is 1. The van der Waals surface area contributed by atoms with Gasteiger partial charge in [0, 0.05) is 31.4 Å². The Morgan fingerprint density at radius 1 is 1.38 bits per heavy atom. The molecule has 0 aliphatic heterocycles. The van der Waals surface area contributed by atoms with Crippen LogP contribution in [0.3, 0.4) is 0 Å². The van der Waals surface area contributed by atoms with E-state index in [2.05, 4.69) is 39.6 Å². The molecular formula is C16H19BrN2OS. The standard InChI is InChI=1S/C16H19BrN2OS/c1-4-18-13-5-6-14(11(2)7-13)16(20)19(3)9-12-8-15(17)21-10-12/h5-8,10,18H,4,9H2,1-3H3. The fraction of sp³-hybridized carbons (Fsp3) is 0.312. The van der Waals surface area contributed by atoms with E-state index in [0.29, 0.717) is 6.54 Å². The molecule has 1 aromatic heterocycles. The Balaban J connectivity index is 2.11. The number of benzene rings is 1. The minimum Gasteiger partial charge on any atom is -0.385 e. The van der Waals surface area contributed by atoms with Crippen LogP contribution in [0.4, 0.5) is 5.69 Å². The van der Waals surface area contributed by atoms with Crippen molar-refractivity contribution in [2.75, 3.05) is 18.9 Å². The normalized spacial score (nSPS) is 10.5. The van der Waals surface area contributed by atoms with Gasteiger partial charge in [0.05, 0.1) is 3.79 Å². The summed E-state index contributed by atoms with van der Waals surface area (Å²) in [5, 5.41) is 5.32. The Bertz CT molecular complexity index is 639. The van der Waals surface area contributed by atoms with Crippen molar-refractivity contribution in [2.24, 2.45) is 0 Å². The molecule has 2 aromatic rings. The van der Waals surface area contributed by atoms with Crippen molar-refractivity contribution < 1.29 is 4.79 Å². The quantitative estimate of drug-likeness (QED) is 0.843. The van der Waals surface area contributed by atoms with Gasteiger partial charge in [-0.05, 0) is 70.5 Å². The van der Waals surface area contributed by atoms with Crippen molar-refractivity contribution in [1.29, 1.82) is 0 Å². The number of halogens is 1. The highest BCUT2D eigenvalue weighted by atomic mass is 79.9. The van der Waals surface area contributed by atoms with Gasteiger partial charge < -0.3 is 10.2 Å². The van der Waals surface area contributed by atoms with Gasteiger partial charge in [-0.3, -0.25) is 4.79 Å². The number of nitrogens with one attached hydrogen (secondary N) is 1. The van der Waals surface area contributed by atoms with E-state index in [-0.39, 0.29) is 5.91 Å². The maximum atomic E-state index is 12.5. The first-order valence-corrected chi connectivity index (χ1v) is 8.51. The van der Waals surface area contributed by atoms with Gasteiger partial charge in [0.15, 0.2) is 0 Å². The van der Waals surface area contributed by atoms with Gasteiger partial charge >= 0.3 is 0 Å². The average molecular weight is 367 g/mol. The average Bonchev–Trinajstić information content (AvgIpc) is 2.84. The maximum absolute atomic E-state index is 12.5. The molecule has 1 N–H and O–H groups in total. The second-order valence-corrected chi connectivity index (χ2v) is 7.27. The SMILES string of the molecule is CCNc1ccc(C(=O)N(C)Cc2csc(Br)c2)c(C)c1. The molecule has 0 bridgehead atoms. The first-order valence-electron chi connectivity index (χ1n) is 6.84. The van der Waals surface area contributed by atoms with E-state index in [9.17, 15) is 4.79 Å². The van der Waals surface area contributed by atoms with Crippen molar-refractivity contribution in [3.8, 4) is 0 Å². The highest BCUT2D eigenvalue weighted by molar-refractivity contribution is 9.11. The molecule has 2 rings (SSSR count). The summed E-state index contributed by atoms with van der Waals surface area (Å²) in [7, 11) is 1.84. The van der Waals surface area contributed by atoms with Gasteiger partial charge in [0.1, 0.15) is 0 Å². The van der Waals surface area contributed by atoms with E-state index >= 15 is 0 Å². The molecule has 0 fully saturated rings. The highest BCUT2D eigenvalue weighted by Gasteiger charge is 2.15. The van der Waals surface area contributed by atoms with Crippen LogP contribution < -0.4 is 5.32 Å². The van der Waals surface area contributed by atoms with E-state index in [1.807, 2.05) is 32.2 Å². The van der Waals surface area contributed by atoms with Gasteiger partial charge in [0.2, 0.25) is 0 Å². The van der Waals surface area contributed by atoms with Crippen molar-refractivity contribution >= 4 is 38.9 Å². The summed E-state index contributed by atoms with van der Waals surface area (Å²) in [6.45, 7) is 5.53. The highest BCUT2D eigenvalue weighted by Crippen LogP contribution is 2.22. The molecule has 0 aliphatic carbocycles. The molecule has 0 atom stereocenters. The molecule has 0 radical (unpaired) electrons. The van der Waals surface area contributed by atoms with Crippen LogP contribution in [0, 0.1) is 6.92 Å². The third-order valence-corrected chi connectivity index (χ3v) is 4.78. The van der Waals surface area contributed by atoms with Gasteiger partial charge in [-0.2, -0.15) is 0 Å². The van der Waals surface area contributed by atoms with Gasteiger partial charge in [-0.15, -0.1) is 11.3 Å².